The molecule has 1 aliphatic heterocycles. The van der Waals surface area contributed by atoms with Gasteiger partial charge in [0, 0.05) is 19.4 Å². The first-order valence-electron chi connectivity index (χ1n) is 6.00. The second-order valence-electron chi connectivity index (χ2n) is 4.62. The van der Waals surface area contributed by atoms with Crippen LogP contribution in [-0.2, 0) is 16.0 Å². The Kier molecular flexibility index (Phi) is 3.78. The maximum absolute atomic E-state index is 10.8. The SMILES string of the molecule is CC(Cc1cnn(C2CCOCC2)c1)C(=O)O. The fourth-order valence-electron chi connectivity index (χ4n) is 2.07. The third kappa shape index (κ3) is 3.06. The van der Waals surface area contributed by atoms with Crippen molar-refractivity contribution in [3.05, 3.63) is 18.0 Å². The highest BCUT2D eigenvalue weighted by Crippen LogP contribution is 2.20. The summed E-state index contributed by atoms with van der Waals surface area (Å²) >= 11 is 0. The zero-order chi connectivity index (χ0) is 12.3. The van der Waals surface area contributed by atoms with Gasteiger partial charge in [0.2, 0.25) is 0 Å². The molecule has 0 aliphatic carbocycles. The van der Waals surface area contributed by atoms with E-state index in [9.17, 15) is 4.79 Å². The van der Waals surface area contributed by atoms with E-state index in [0.717, 1.165) is 31.6 Å². The van der Waals surface area contributed by atoms with Crippen LogP contribution in [0.15, 0.2) is 12.4 Å². The molecule has 1 saturated heterocycles. The van der Waals surface area contributed by atoms with Crippen LogP contribution in [0.4, 0.5) is 0 Å². The summed E-state index contributed by atoms with van der Waals surface area (Å²) in [5, 5.41) is 13.2. The van der Waals surface area contributed by atoms with Crippen molar-refractivity contribution in [3.8, 4) is 0 Å². The van der Waals surface area contributed by atoms with Crippen molar-refractivity contribution >= 4 is 5.97 Å². The number of nitrogens with zero attached hydrogens (tertiary/aromatic N) is 2. The number of carbonyl (C=O) groups is 1. The zero-order valence-corrected chi connectivity index (χ0v) is 10.0. The first kappa shape index (κ1) is 12.1. The lowest BCUT2D eigenvalue weighted by Gasteiger charge is -2.22. The monoisotopic (exact) mass is 238 g/mol. The molecular formula is C12H18N2O3. The summed E-state index contributed by atoms with van der Waals surface area (Å²) in [5.74, 6) is -1.12. The third-order valence-corrected chi connectivity index (χ3v) is 3.18. The second-order valence-corrected chi connectivity index (χ2v) is 4.62. The zero-order valence-electron chi connectivity index (χ0n) is 10.0. The summed E-state index contributed by atoms with van der Waals surface area (Å²) in [6.45, 7) is 3.28. The van der Waals surface area contributed by atoms with Gasteiger partial charge in [-0.2, -0.15) is 5.10 Å². The standard InChI is InChI=1S/C12H18N2O3/c1-9(12(15)16)6-10-7-13-14(8-10)11-2-4-17-5-3-11/h7-9,11H,2-6H2,1H3,(H,15,16). The largest absolute Gasteiger partial charge is 0.481 e. The van der Waals surface area contributed by atoms with E-state index in [1.54, 1.807) is 13.1 Å². The lowest BCUT2D eigenvalue weighted by Crippen LogP contribution is -2.19. The molecule has 5 nitrogen and oxygen atoms in total. The van der Waals surface area contributed by atoms with E-state index in [4.69, 9.17) is 9.84 Å². The van der Waals surface area contributed by atoms with Crippen LogP contribution in [0.25, 0.3) is 0 Å². The van der Waals surface area contributed by atoms with Crippen molar-refractivity contribution in [2.75, 3.05) is 13.2 Å². The molecule has 0 aromatic carbocycles. The predicted molar refractivity (Wildman–Crippen MR) is 61.8 cm³/mol. The van der Waals surface area contributed by atoms with E-state index in [-0.39, 0.29) is 5.92 Å². The number of rotatable bonds is 4. The lowest BCUT2D eigenvalue weighted by molar-refractivity contribution is -0.141. The van der Waals surface area contributed by atoms with Gasteiger partial charge in [0.15, 0.2) is 0 Å². The van der Waals surface area contributed by atoms with Gasteiger partial charge >= 0.3 is 5.97 Å². The van der Waals surface area contributed by atoms with Gasteiger partial charge < -0.3 is 9.84 Å². The second kappa shape index (κ2) is 5.31. The van der Waals surface area contributed by atoms with Gasteiger partial charge in [-0.1, -0.05) is 6.92 Å². The van der Waals surface area contributed by atoms with Crippen LogP contribution < -0.4 is 0 Å². The number of hydrogen-bond acceptors (Lipinski definition) is 3. The van der Waals surface area contributed by atoms with E-state index in [1.165, 1.54) is 0 Å². The highest BCUT2D eigenvalue weighted by molar-refractivity contribution is 5.69. The van der Waals surface area contributed by atoms with Crippen LogP contribution in [-0.4, -0.2) is 34.1 Å². The molecule has 0 saturated carbocycles. The molecule has 1 N–H and O–H groups in total. The molecule has 0 spiro atoms. The summed E-state index contributed by atoms with van der Waals surface area (Å²) in [7, 11) is 0. The lowest BCUT2D eigenvalue weighted by atomic mass is 10.0. The van der Waals surface area contributed by atoms with E-state index >= 15 is 0 Å². The summed E-state index contributed by atoms with van der Waals surface area (Å²) in [6.07, 6.45) is 6.24. The maximum atomic E-state index is 10.8. The Morgan fingerprint density at radius 2 is 2.35 bits per heavy atom. The molecule has 1 aromatic rings. The van der Waals surface area contributed by atoms with Crippen LogP contribution in [0.2, 0.25) is 0 Å². The van der Waals surface area contributed by atoms with Gasteiger partial charge in [0.25, 0.3) is 0 Å². The highest BCUT2D eigenvalue weighted by Gasteiger charge is 2.18. The molecule has 94 valence electrons. The molecule has 1 atom stereocenters. The van der Waals surface area contributed by atoms with Crippen molar-refractivity contribution in [2.45, 2.75) is 32.2 Å². The minimum absolute atomic E-state index is 0.359. The Morgan fingerprint density at radius 3 is 3.00 bits per heavy atom. The maximum Gasteiger partial charge on any atom is 0.306 e. The van der Waals surface area contributed by atoms with Crippen LogP contribution in [0.5, 0.6) is 0 Å². The minimum Gasteiger partial charge on any atom is -0.481 e. The topological polar surface area (TPSA) is 64.4 Å². The molecule has 0 bridgehead atoms. The molecule has 1 unspecified atom stereocenters. The average molecular weight is 238 g/mol. The normalized spacial score (nSPS) is 19.1. The molecule has 17 heavy (non-hydrogen) atoms. The first-order valence-corrected chi connectivity index (χ1v) is 6.00. The summed E-state index contributed by atoms with van der Waals surface area (Å²) in [6, 6.07) is 0.401. The van der Waals surface area contributed by atoms with E-state index < -0.39 is 5.97 Å². The van der Waals surface area contributed by atoms with Gasteiger partial charge in [-0.15, -0.1) is 0 Å². The van der Waals surface area contributed by atoms with E-state index in [1.807, 2.05) is 10.9 Å². The molecule has 2 heterocycles. The van der Waals surface area contributed by atoms with Crippen LogP contribution >= 0.6 is 0 Å². The quantitative estimate of drug-likeness (QED) is 0.863. The fourth-order valence-corrected chi connectivity index (χ4v) is 2.07. The number of ether oxygens (including phenoxy) is 1. The van der Waals surface area contributed by atoms with Crippen molar-refractivity contribution in [1.82, 2.24) is 9.78 Å². The number of carboxylic acids is 1. The fraction of sp³-hybridized carbons (Fsp3) is 0.667. The number of hydrogen-bond donors (Lipinski definition) is 1. The Balaban J connectivity index is 1.97. The molecule has 1 aliphatic rings. The Hall–Kier alpha value is -1.36. The third-order valence-electron chi connectivity index (χ3n) is 3.18. The number of carboxylic acid groups (broad SMARTS) is 1. The summed E-state index contributed by atoms with van der Waals surface area (Å²) < 4.78 is 7.26. The molecule has 5 heteroatoms. The average Bonchev–Trinajstić information content (AvgIpc) is 2.78. The van der Waals surface area contributed by atoms with E-state index in [2.05, 4.69) is 5.10 Å². The summed E-state index contributed by atoms with van der Waals surface area (Å²) in [5.41, 5.74) is 0.992. The number of aliphatic carboxylic acids is 1. The van der Waals surface area contributed by atoms with Gasteiger partial charge in [0.05, 0.1) is 18.2 Å². The van der Waals surface area contributed by atoms with Crippen molar-refractivity contribution < 1.29 is 14.6 Å². The molecule has 0 radical (unpaired) electrons. The smallest absolute Gasteiger partial charge is 0.306 e. The Morgan fingerprint density at radius 1 is 1.65 bits per heavy atom. The van der Waals surface area contributed by atoms with Crippen LogP contribution in [0, 0.1) is 5.92 Å². The van der Waals surface area contributed by atoms with Crippen molar-refractivity contribution in [3.63, 3.8) is 0 Å². The molecular weight excluding hydrogens is 220 g/mol. The van der Waals surface area contributed by atoms with Gasteiger partial charge in [-0.05, 0) is 24.8 Å². The number of aromatic nitrogens is 2. The Labute approximate surface area is 100 Å². The predicted octanol–water partition coefficient (Wildman–Crippen LogP) is 1.50. The summed E-state index contributed by atoms with van der Waals surface area (Å²) in [4.78, 5) is 10.8. The van der Waals surface area contributed by atoms with E-state index in [0.29, 0.717) is 12.5 Å². The van der Waals surface area contributed by atoms with Gasteiger partial charge in [0.1, 0.15) is 0 Å². The van der Waals surface area contributed by atoms with Crippen molar-refractivity contribution in [2.24, 2.45) is 5.92 Å². The molecule has 1 aromatic heterocycles. The molecule has 0 amide bonds. The molecule has 2 rings (SSSR count). The van der Waals surface area contributed by atoms with Crippen LogP contribution in [0.3, 0.4) is 0 Å². The first-order chi connectivity index (χ1) is 8.16. The van der Waals surface area contributed by atoms with Crippen molar-refractivity contribution in [1.29, 1.82) is 0 Å². The van der Waals surface area contributed by atoms with Crippen LogP contribution in [0.1, 0.15) is 31.4 Å². The highest BCUT2D eigenvalue weighted by atomic mass is 16.5. The Bertz CT molecular complexity index is 383. The van der Waals surface area contributed by atoms with Gasteiger partial charge in [-0.3, -0.25) is 9.48 Å². The minimum atomic E-state index is -0.760. The molecule has 1 fully saturated rings. The van der Waals surface area contributed by atoms with Gasteiger partial charge in [-0.25, -0.2) is 0 Å².